The fourth-order valence-electron chi connectivity index (χ4n) is 4.30. The fraction of sp³-hybridized carbons (Fsp3) is 0.292. The summed E-state index contributed by atoms with van der Waals surface area (Å²) in [6.07, 6.45) is 6.55. The lowest BCUT2D eigenvalue weighted by molar-refractivity contribution is -0.119. The van der Waals surface area contributed by atoms with Gasteiger partial charge in [-0.3, -0.25) is 9.36 Å². The molecule has 0 unspecified atom stereocenters. The number of carbonyl (C=O) groups is 1. The first-order chi connectivity index (χ1) is 15.2. The standard InChI is InChI=1S/C24H25N5OS/c1-16-8-2-7-13-21(16)29-23(19-14-25-20-12-6-5-11-18(19)20)27-28-24(29)31-15-22(30)26-17-9-3-4-10-17/h2,5-8,11-14,17,25H,3-4,9-10,15H2,1H3,(H,26,30). The highest BCUT2D eigenvalue weighted by molar-refractivity contribution is 7.99. The van der Waals surface area contributed by atoms with E-state index in [0.29, 0.717) is 11.8 Å². The number of aryl methyl sites for hydroxylation is 1. The van der Waals surface area contributed by atoms with Crippen LogP contribution in [0.25, 0.3) is 28.0 Å². The SMILES string of the molecule is Cc1ccccc1-n1c(SCC(=O)NC2CCCC2)nnc1-c1c[nH]c2ccccc12. The summed E-state index contributed by atoms with van der Waals surface area (Å²) in [6.45, 7) is 2.08. The maximum absolute atomic E-state index is 12.5. The summed E-state index contributed by atoms with van der Waals surface area (Å²) < 4.78 is 2.07. The number of thioether (sulfide) groups is 1. The highest BCUT2D eigenvalue weighted by Crippen LogP contribution is 2.33. The van der Waals surface area contributed by atoms with Crippen molar-refractivity contribution in [3.05, 3.63) is 60.3 Å². The first kappa shape index (κ1) is 19.9. The number of rotatable bonds is 6. The van der Waals surface area contributed by atoms with E-state index in [4.69, 9.17) is 0 Å². The largest absolute Gasteiger partial charge is 0.360 e. The molecule has 0 spiro atoms. The van der Waals surface area contributed by atoms with Crippen LogP contribution in [0.2, 0.25) is 0 Å². The van der Waals surface area contributed by atoms with Crippen molar-refractivity contribution in [2.24, 2.45) is 0 Å². The molecule has 1 aliphatic rings. The monoisotopic (exact) mass is 431 g/mol. The number of H-pyrrole nitrogens is 1. The Labute approximate surface area is 185 Å². The van der Waals surface area contributed by atoms with Crippen LogP contribution in [-0.2, 0) is 4.79 Å². The smallest absolute Gasteiger partial charge is 0.230 e. The number of nitrogens with zero attached hydrogens (tertiary/aromatic N) is 3. The fourth-order valence-corrected chi connectivity index (χ4v) is 5.05. The summed E-state index contributed by atoms with van der Waals surface area (Å²) in [5.74, 6) is 1.16. The molecule has 0 radical (unpaired) electrons. The molecule has 1 saturated carbocycles. The summed E-state index contributed by atoms with van der Waals surface area (Å²) in [4.78, 5) is 15.8. The normalized spacial score (nSPS) is 14.4. The Hall–Kier alpha value is -3.06. The summed E-state index contributed by atoms with van der Waals surface area (Å²) in [6, 6.07) is 16.7. The number of aromatic amines is 1. The third kappa shape index (κ3) is 3.97. The number of nitrogens with one attached hydrogen (secondary N) is 2. The second-order valence-electron chi connectivity index (χ2n) is 8.01. The average Bonchev–Trinajstić information content (AvgIpc) is 3.52. The highest BCUT2D eigenvalue weighted by atomic mass is 32.2. The third-order valence-electron chi connectivity index (χ3n) is 5.87. The van der Waals surface area contributed by atoms with Gasteiger partial charge in [0.1, 0.15) is 0 Å². The zero-order valence-electron chi connectivity index (χ0n) is 17.5. The predicted octanol–water partition coefficient (Wildman–Crippen LogP) is 4.87. The lowest BCUT2D eigenvalue weighted by Gasteiger charge is -2.14. The second kappa shape index (κ2) is 8.59. The van der Waals surface area contributed by atoms with Crippen molar-refractivity contribution in [3.63, 3.8) is 0 Å². The summed E-state index contributed by atoms with van der Waals surface area (Å²) >= 11 is 1.43. The van der Waals surface area contributed by atoms with E-state index < -0.39 is 0 Å². The highest BCUT2D eigenvalue weighted by Gasteiger charge is 2.22. The van der Waals surface area contributed by atoms with Crippen molar-refractivity contribution in [1.29, 1.82) is 0 Å². The van der Waals surface area contributed by atoms with Crippen LogP contribution in [0.1, 0.15) is 31.2 Å². The van der Waals surface area contributed by atoms with Crippen LogP contribution in [0.4, 0.5) is 0 Å². The predicted molar refractivity (Wildman–Crippen MR) is 125 cm³/mol. The van der Waals surface area contributed by atoms with Crippen LogP contribution in [-0.4, -0.2) is 37.5 Å². The third-order valence-corrected chi connectivity index (χ3v) is 6.80. The molecule has 1 fully saturated rings. The molecule has 0 saturated heterocycles. The number of amides is 1. The van der Waals surface area contributed by atoms with Gasteiger partial charge in [0.05, 0.1) is 11.4 Å². The van der Waals surface area contributed by atoms with Gasteiger partial charge in [-0.2, -0.15) is 0 Å². The van der Waals surface area contributed by atoms with Gasteiger partial charge in [-0.25, -0.2) is 0 Å². The van der Waals surface area contributed by atoms with Gasteiger partial charge >= 0.3 is 0 Å². The molecular formula is C24H25N5OS. The minimum absolute atomic E-state index is 0.0601. The molecular weight excluding hydrogens is 406 g/mol. The van der Waals surface area contributed by atoms with Crippen molar-refractivity contribution >= 4 is 28.6 Å². The molecule has 1 amide bonds. The number of fused-ring (bicyclic) bond motifs is 1. The van der Waals surface area contributed by atoms with Crippen molar-refractivity contribution in [2.45, 2.75) is 43.8 Å². The molecule has 2 aromatic heterocycles. The van der Waals surface area contributed by atoms with Gasteiger partial charge in [-0.15, -0.1) is 10.2 Å². The Kier molecular flexibility index (Phi) is 5.51. The number of hydrogen-bond acceptors (Lipinski definition) is 4. The zero-order valence-corrected chi connectivity index (χ0v) is 18.3. The first-order valence-corrected chi connectivity index (χ1v) is 11.7. The summed E-state index contributed by atoms with van der Waals surface area (Å²) in [7, 11) is 0. The van der Waals surface area contributed by atoms with E-state index in [9.17, 15) is 4.79 Å². The molecule has 6 nitrogen and oxygen atoms in total. The van der Waals surface area contributed by atoms with E-state index in [1.165, 1.54) is 24.6 Å². The van der Waals surface area contributed by atoms with E-state index in [2.05, 4.69) is 56.3 Å². The van der Waals surface area contributed by atoms with Crippen LogP contribution in [0.5, 0.6) is 0 Å². The van der Waals surface area contributed by atoms with E-state index in [0.717, 1.165) is 51.5 Å². The number of benzene rings is 2. The van der Waals surface area contributed by atoms with Crippen LogP contribution in [0.3, 0.4) is 0 Å². The van der Waals surface area contributed by atoms with Gasteiger partial charge < -0.3 is 10.3 Å². The van der Waals surface area contributed by atoms with Crippen molar-refractivity contribution in [3.8, 4) is 17.1 Å². The van der Waals surface area contributed by atoms with Crippen LogP contribution < -0.4 is 5.32 Å². The van der Waals surface area contributed by atoms with Gasteiger partial charge in [0.15, 0.2) is 11.0 Å². The number of carbonyl (C=O) groups excluding carboxylic acids is 1. The molecule has 2 aromatic carbocycles. The molecule has 31 heavy (non-hydrogen) atoms. The Morgan fingerprint density at radius 3 is 2.74 bits per heavy atom. The molecule has 1 aliphatic carbocycles. The van der Waals surface area contributed by atoms with Crippen molar-refractivity contribution in [1.82, 2.24) is 25.1 Å². The van der Waals surface area contributed by atoms with Crippen LogP contribution in [0.15, 0.2) is 59.9 Å². The lowest BCUT2D eigenvalue weighted by Crippen LogP contribution is -2.33. The Morgan fingerprint density at radius 2 is 1.90 bits per heavy atom. The molecule has 0 atom stereocenters. The van der Waals surface area contributed by atoms with Gasteiger partial charge in [-0.1, -0.05) is 61.0 Å². The Balaban J connectivity index is 1.50. The molecule has 7 heteroatoms. The Morgan fingerprint density at radius 1 is 1.13 bits per heavy atom. The average molecular weight is 432 g/mol. The summed E-state index contributed by atoms with van der Waals surface area (Å²) in [5, 5.41) is 14.0. The number of hydrogen-bond donors (Lipinski definition) is 2. The zero-order chi connectivity index (χ0) is 21.2. The van der Waals surface area contributed by atoms with Gasteiger partial charge in [0.2, 0.25) is 5.91 Å². The molecule has 5 rings (SSSR count). The maximum Gasteiger partial charge on any atom is 0.230 e. The van der Waals surface area contributed by atoms with Crippen LogP contribution in [0, 0.1) is 6.92 Å². The molecule has 0 bridgehead atoms. The molecule has 2 heterocycles. The maximum atomic E-state index is 12.5. The van der Waals surface area contributed by atoms with Gasteiger partial charge in [0.25, 0.3) is 0 Å². The molecule has 0 aliphatic heterocycles. The quantitative estimate of drug-likeness (QED) is 0.427. The van der Waals surface area contributed by atoms with Gasteiger partial charge in [0, 0.05) is 28.7 Å². The first-order valence-electron chi connectivity index (χ1n) is 10.7. The van der Waals surface area contributed by atoms with Crippen molar-refractivity contribution < 1.29 is 4.79 Å². The number of para-hydroxylation sites is 2. The molecule has 4 aromatic rings. The van der Waals surface area contributed by atoms with Crippen LogP contribution >= 0.6 is 11.8 Å². The molecule has 158 valence electrons. The van der Waals surface area contributed by atoms with Crippen molar-refractivity contribution in [2.75, 3.05) is 5.75 Å². The topological polar surface area (TPSA) is 75.6 Å². The Bertz CT molecular complexity index is 1220. The number of aromatic nitrogens is 4. The van der Waals surface area contributed by atoms with E-state index >= 15 is 0 Å². The molecule has 2 N–H and O–H groups in total. The minimum Gasteiger partial charge on any atom is -0.360 e. The minimum atomic E-state index is 0.0601. The van der Waals surface area contributed by atoms with E-state index in [1.807, 2.05) is 30.5 Å². The summed E-state index contributed by atoms with van der Waals surface area (Å²) in [5.41, 5.74) is 4.20. The lowest BCUT2D eigenvalue weighted by atomic mass is 10.1. The van der Waals surface area contributed by atoms with E-state index in [1.54, 1.807) is 0 Å². The second-order valence-corrected chi connectivity index (χ2v) is 8.96. The van der Waals surface area contributed by atoms with Gasteiger partial charge in [-0.05, 0) is 37.5 Å². The van der Waals surface area contributed by atoms with E-state index in [-0.39, 0.29) is 5.91 Å².